The summed E-state index contributed by atoms with van der Waals surface area (Å²) in [6.45, 7) is 0. The second-order valence-corrected chi connectivity index (χ2v) is 7.61. The number of nitrogens with one attached hydrogen (secondary N) is 1. The molecule has 1 atom stereocenters. The first-order valence-corrected chi connectivity index (χ1v) is 9.89. The van der Waals surface area contributed by atoms with Gasteiger partial charge >= 0.3 is 0 Å². The number of rotatable bonds is 5. The lowest BCUT2D eigenvalue weighted by atomic mass is 10.1. The second kappa shape index (κ2) is 6.49. The third kappa shape index (κ3) is 2.89. The van der Waals surface area contributed by atoms with E-state index in [1.165, 1.54) is 5.56 Å². The SMILES string of the molecule is Cn1nc2c(c1NC(=O)CC(c1ccsc1)n1cccc1)CSC2. The molecule has 4 rings (SSSR count). The van der Waals surface area contributed by atoms with Gasteiger partial charge in [-0.3, -0.25) is 9.48 Å². The van der Waals surface area contributed by atoms with E-state index in [1.807, 2.05) is 43.3 Å². The van der Waals surface area contributed by atoms with E-state index < -0.39 is 0 Å². The molecule has 124 valence electrons. The number of thiophene rings is 1. The zero-order valence-electron chi connectivity index (χ0n) is 13.3. The third-order valence-corrected chi connectivity index (χ3v) is 5.94. The van der Waals surface area contributed by atoms with E-state index in [-0.39, 0.29) is 11.9 Å². The zero-order valence-corrected chi connectivity index (χ0v) is 14.9. The van der Waals surface area contributed by atoms with Crippen molar-refractivity contribution in [3.8, 4) is 0 Å². The molecule has 0 aliphatic carbocycles. The normalized spacial score (nSPS) is 14.5. The Labute approximate surface area is 148 Å². The topological polar surface area (TPSA) is 51.9 Å². The Hall–Kier alpha value is -1.99. The van der Waals surface area contributed by atoms with Crippen LogP contribution in [-0.2, 0) is 23.3 Å². The van der Waals surface area contributed by atoms with Gasteiger partial charge in [-0.15, -0.1) is 0 Å². The molecule has 1 amide bonds. The number of carbonyl (C=O) groups excluding carboxylic acids is 1. The van der Waals surface area contributed by atoms with Crippen molar-refractivity contribution in [2.45, 2.75) is 24.0 Å². The molecule has 3 aromatic heterocycles. The summed E-state index contributed by atoms with van der Waals surface area (Å²) in [5.74, 6) is 2.71. The van der Waals surface area contributed by atoms with Gasteiger partial charge in [0, 0.05) is 36.5 Å². The Morgan fingerprint density at radius 2 is 2.21 bits per heavy atom. The minimum atomic E-state index is 0.0156. The Morgan fingerprint density at radius 3 is 2.96 bits per heavy atom. The molecule has 24 heavy (non-hydrogen) atoms. The zero-order chi connectivity index (χ0) is 16.5. The molecule has 0 saturated heterocycles. The Bertz CT molecular complexity index is 802. The van der Waals surface area contributed by atoms with Crippen LogP contribution >= 0.6 is 23.1 Å². The highest BCUT2D eigenvalue weighted by molar-refractivity contribution is 7.98. The van der Waals surface area contributed by atoms with Gasteiger partial charge in [0.15, 0.2) is 0 Å². The summed E-state index contributed by atoms with van der Waals surface area (Å²) in [5, 5.41) is 11.7. The summed E-state index contributed by atoms with van der Waals surface area (Å²) in [4.78, 5) is 12.7. The van der Waals surface area contributed by atoms with Crippen LogP contribution in [0.25, 0.3) is 0 Å². The largest absolute Gasteiger partial charge is 0.346 e. The van der Waals surface area contributed by atoms with Crippen LogP contribution in [0.3, 0.4) is 0 Å². The number of fused-ring (bicyclic) bond motifs is 1. The fraction of sp³-hybridized carbons (Fsp3) is 0.294. The van der Waals surface area contributed by atoms with Crippen LogP contribution in [0.2, 0.25) is 0 Å². The third-order valence-electron chi connectivity index (χ3n) is 4.27. The van der Waals surface area contributed by atoms with E-state index >= 15 is 0 Å². The number of aromatic nitrogens is 3. The smallest absolute Gasteiger partial charge is 0.227 e. The fourth-order valence-electron chi connectivity index (χ4n) is 3.07. The van der Waals surface area contributed by atoms with E-state index in [9.17, 15) is 4.79 Å². The van der Waals surface area contributed by atoms with E-state index in [4.69, 9.17) is 0 Å². The van der Waals surface area contributed by atoms with Gasteiger partial charge in [0.1, 0.15) is 5.82 Å². The van der Waals surface area contributed by atoms with Crippen molar-refractivity contribution in [1.29, 1.82) is 0 Å². The Morgan fingerprint density at radius 1 is 1.38 bits per heavy atom. The van der Waals surface area contributed by atoms with Gasteiger partial charge in [0.05, 0.1) is 18.2 Å². The molecule has 3 aromatic rings. The highest BCUT2D eigenvalue weighted by Crippen LogP contribution is 2.34. The van der Waals surface area contributed by atoms with Crippen molar-refractivity contribution < 1.29 is 4.79 Å². The number of anilines is 1. The molecule has 0 saturated carbocycles. The summed E-state index contributed by atoms with van der Waals surface area (Å²) in [6.07, 6.45) is 4.42. The number of hydrogen-bond acceptors (Lipinski definition) is 4. The van der Waals surface area contributed by atoms with Crippen LogP contribution < -0.4 is 5.32 Å². The monoisotopic (exact) mass is 358 g/mol. The van der Waals surface area contributed by atoms with Crippen LogP contribution in [0.4, 0.5) is 5.82 Å². The lowest BCUT2D eigenvalue weighted by Crippen LogP contribution is -2.21. The van der Waals surface area contributed by atoms with E-state index in [2.05, 4.69) is 31.8 Å². The predicted molar refractivity (Wildman–Crippen MR) is 98.3 cm³/mol. The highest BCUT2D eigenvalue weighted by Gasteiger charge is 2.24. The van der Waals surface area contributed by atoms with Gasteiger partial charge in [0.2, 0.25) is 5.91 Å². The van der Waals surface area contributed by atoms with Gasteiger partial charge in [-0.25, -0.2) is 0 Å². The standard InChI is InChI=1S/C17H18N4OS2/c1-20-17(13-10-24-11-14(13)19-20)18-16(22)8-15(12-4-7-23-9-12)21-5-2-3-6-21/h2-7,9,15H,8,10-11H2,1H3,(H,18,22). The number of carbonyl (C=O) groups is 1. The summed E-state index contributed by atoms with van der Waals surface area (Å²) in [5.41, 5.74) is 3.43. The molecule has 5 nitrogen and oxygen atoms in total. The van der Waals surface area contributed by atoms with E-state index in [1.54, 1.807) is 16.0 Å². The summed E-state index contributed by atoms with van der Waals surface area (Å²) < 4.78 is 3.88. The molecule has 0 aromatic carbocycles. The van der Waals surface area contributed by atoms with Gasteiger partial charge in [-0.2, -0.15) is 28.2 Å². The molecule has 1 unspecified atom stereocenters. The first-order valence-electron chi connectivity index (χ1n) is 7.79. The maximum Gasteiger partial charge on any atom is 0.227 e. The summed E-state index contributed by atoms with van der Waals surface area (Å²) >= 11 is 3.49. The van der Waals surface area contributed by atoms with Crippen molar-refractivity contribution in [3.63, 3.8) is 0 Å². The quantitative estimate of drug-likeness (QED) is 0.757. The maximum atomic E-state index is 12.7. The summed E-state index contributed by atoms with van der Waals surface area (Å²) in [6, 6.07) is 6.08. The first-order chi connectivity index (χ1) is 11.7. The Kier molecular flexibility index (Phi) is 4.20. The number of thioether (sulfide) groups is 1. The van der Waals surface area contributed by atoms with Gasteiger partial charge in [-0.1, -0.05) is 0 Å². The van der Waals surface area contributed by atoms with Crippen LogP contribution in [0, 0.1) is 0 Å². The van der Waals surface area contributed by atoms with Crippen LogP contribution in [0.15, 0.2) is 41.4 Å². The van der Waals surface area contributed by atoms with Gasteiger partial charge in [0.25, 0.3) is 0 Å². The first kappa shape index (κ1) is 15.5. The second-order valence-electron chi connectivity index (χ2n) is 5.85. The minimum absolute atomic E-state index is 0.0156. The van der Waals surface area contributed by atoms with Crippen molar-refractivity contribution >= 4 is 34.8 Å². The molecule has 7 heteroatoms. The highest BCUT2D eigenvalue weighted by atomic mass is 32.2. The van der Waals surface area contributed by atoms with Gasteiger partial charge < -0.3 is 9.88 Å². The van der Waals surface area contributed by atoms with Crippen molar-refractivity contribution in [2.75, 3.05) is 5.32 Å². The maximum absolute atomic E-state index is 12.7. The fourth-order valence-corrected chi connectivity index (χ4v) is 4.81. The van der Waals surface area contributed by atoms with Crippen molar-refractivity contribution in [2.24, 2.45) is 7.05 Å². The van der Waals surface area contributed by atoms with Crippen LogP contribution in [0.1, 0.15) is 29.3 Å². The molecule has 1 aliphatic heterocycles. The number of hydrogen-bond donors (Lipinski definition) is 1. The van der Waals surface area contributed by atoms with Crippen LogP contribution in [0.5, 0.6) is 0 Å². The minimum Gasteiger partial charge on any atom is -0.346 e. The van der Waals surface area contributed by atoms with Gasteiger partial charge in [-0.05, 0) is 34.5 Å². The van der Waals surface area contributed by atoms with Crippen molar-refractivity contribution in [3.05, 3.63) is 58.2 Å². The van der Waals surface area contributed by atoms with E-state index in [0.29, 0.717) is 6.42 Å². The molecule has 0 bridgehead atoms. The molecule has 1 aliphatic rings. The molecular formula is C17H18N4OS2. The molecule has 1 N–H and O–H groups in total. The number of amides is 1. The van der Waals surface area contributed by atoms with Crippen LogP contribution in [-0.4, -0.2) is 20.3 Å². The molecule has 4 heterocycles. The number of aryl methyl sites for hydroxylation is 1. The average Bonchev–Trinajstić information content (AvgIpc) is 3.33. The molecular weight excluding hydrogens is 340 g/mol. The Balaban J connectivity index is 1.54. The van der Waals surface area contributed by atoms with Crippen molar-refractivity contribution in [1.82, 2.24) is 14.3 Å². The predicted octanol–water partition coefficient (Wildman–Crippen LogP) is 3.65. The summed E-state index contributed by atoms with van der Waals surface area (Å²) in [7, 11) is 1.89. The molecule has 0 radical (unpaired) electrons. The lowest BCUT2D eigenvalue weighted by molar-refractivity contribution is -0.116. The molecule has 0 spiro atoms. The molecule has 0 fully saturated rings. The lowest BCUT2D eigenvalue weighted by Gasteiger charge is -2.18. The van der Waals surface area contributed by atoms with E-state index in [0.717, 1.165) is 28.6 Å². The average molecular weight is 358 g/mol. The number of nitrogens with zero attached hydrogens (tertiary/aromatic N) is 3.